The number of carbonyl (C=O) groups is 1. The molecule has 2 aromatic rings. The fraction of sp³-hybridized carbons (Fsp3) is 0.250. The topological polar surface area (TPSA) is 54.0 Å². The van der Waals surface area contributed by atoms with E-state index in [9.17, 15) is 4.79 Å². The summed E-state index contributed by atoms with van der Waals surface area (Å²) >= 11 is 0. The highest BCUT2D eigenvalue weighted by Gasteiger charge is 2.15. The van der Waals surface area contributed by atoms with Gasteiger partial charge in [-0.15, -0.1) is 0 Å². The molecule has 0 saturated carbocycles. The molecule has 0 unspecified atom stereocenters. The van der Waals surface area contributed by atoms with Crippen LogP contribution in [-0.4, -0.2) is 26.3 Å². The first-order chi connectivity index (χ1) is 12.2. The van der Waals surface area contributed by atoms with Crippen molar-refractivity contribution in [2.45, 2.75) is 13.3 Å². The van der Waals surface area contributed by atoms with Gasteiger partial charge in [0.05, 0.1) is 13.7 Å². The fourth-order valence-electron chi connectivity index (χ4n) is 2.44. The fourth-order valence-corrected chi connectivity index (χ4v) is 2.44. The maximum absolute atomic E-state index is 12.3. The van der Waals surface area contributed by atoms with Crippen molar-refractivity contribution in [3.63, 3.8) is 0 Å². The molecule has 2 aromatic carbocycles. The summed E-state index contributed by atoms with van der Waals surface area (Å²) < 4.78 is 21.5. The van der Waals surface area contributed by atoms with Crippen LogP contribution in [-0.2, 0) is 0 Å². The van der Waals surface area contributed by atoms with Crippen LogP contribution >= 0.6 is 0 Å². The summed E-state index contributed by atoms with van der Waals surface area (Å²) in [5, 5.41) is 0. The summed E-state index contributed by atoms with van der Waals surface area (Å²) in [5.74, 6) is 2.49. The van der Waals surface area contributed by atoms with E-state index in [1.165, 1.54) is 6.08 Å². The van der Waals surface area contributed by atoms with E-state index < -0.39 is 0 Å². The number of ketones is 1. The lowest BCUT2D eigenvalue weighted by Gasteiger charge is -2.10. The largest absolute Gasteiger partial charge is 0.493 e. The molecule has 0 radical (unpaired) electrons. The van der Waals surface area contributed by atoms with Gasteiger partial charge in [-0.3, -0.25) is 4.79 Å². The minimum absolute atomic E-state index is 0.108. The van der Waals surface area contributed by atoms with Gasteiger partial charge in [-0.2, -0.15) is 0 Å². The van der Waals surface area contributed by atoms with Crippen LogP contribution in [0, 0.1) is 0 Å². The Morgan fingerprint density at radius 3 is 2.76 bits per heavy atom. The Morgan fingerprint density at radius 1 is 1.12 bits per heavy atom. The highest BCUT2D eigenvalue weighted by molar-refractivity contribution is 6.07. The molecular formula is C20H20O5. The summed E-state index contributed by atoms with van der Waals surface area (Å²) in [4.78, 5) is 12.3. The van der Waals surface area contributed by atoms with Crippen molar-refractivity contribution in [2.75, 3.05) is 20.5 Å². The van der Waals surface area contributed by atoms with Crippen LogP contribution in [0.15, 0.2) is 42.5 Å². The maximum atomic E-state index is 12.3. The molecule has 0 saturated heterocycles. The number of methoxy groups -OCH3 is 1. The molecule has 0 spiro atoms. The molecule has 130 valence electrons. The lowest BCUT2D eigenvalue weighted by molar-refractivity contribution is 0.104. The van der Waals surface area contributed by atoms with E-state index in [0.29, 0.717) is 35.2 Å². The van der Waals surface area contributed by atoms with Gasteiger partial charge in [-0.25, -0.2) is 0 Å². The molecule has 0 fully saturated rings. The second-order valence-corrected chi connectivity index (χ2v) is 5.52. The summed E-state index contributed by atoms with van der Waals surface area (Å²) in [6.07, 6.45) is 4.20. The molecular weight excluding hydrogens is 320 g/mol. The number of hydrogen-bond acceptors (Lipinski definition) is 5. The van der Waals surface area contributed by atoms with Crippen molar-refractivity contribution in [3.05, 3.63) is 53.6 Å². The Labute approximate surface area is 146 Å². The monoisotopic (exact) mass is 340 g/mol. The molecule has 25 heavy (non-hydrogen) atoms. The average molecular weight is 340 g/mol. The van der Waals surface area contributed by atoms with E-state index in [1.54, 1.807) is 31.4 Å². The summed E-state index contributed by atoms with van der Waals surface area (Å²) in [7, 11) is 1.60. The number of fused-ring (bicyclic) bond motifs is 1. The Morgan fingerprint density at radius 2 is 1.96 bits per heavy atom. The smallest absolute Gasteiger partial charge is 0.231 e. The lowest BCUT2D eigenvalue weighted by Crippen LogP contribution is -1.98. The summed E-state index contributed by atoms with van der Waals surface area (Å²) in [6, 6.07) is 10.7. The van der Waals surface area contributed by atoms with Gasteiger partial charge in [0.15, 0.2) is 28.8 Å². The lowest BCUT2D eigenvalue weighted by atomic mass is 10.1. The Hall–Kier alpha value is -2.95. The second-order valence-electron chi connectivity index (χ2n) is 5.52. The van der Waals surface area contributed by atoms with E-state index in [0.717, 1.165) is 12.0 Å². The molecule has 5 nitrogen and oxygen atoms in total. The molecule has 0 N–H and O–H groups in total. The molecule has 3 rings (SSSR count). The standard InChI is InChI=1S/C20H20O5/c1-3-10-23-17-8-5-14(11-19(17)22-2)4-7-16(21)15-6-9-18-20(12-15)25-13-24-18/h4-9,11-12H,3,10,13H2,1-2H3. The second kappa shape index (κ2) is 7.75. The van der Waals surface area contributed by atoms with Crippen LogP contribution in [0.5, 0.6) is 23.0 Å². The van der Waals surface area contributed by atoms with Gasteiger partial charge in [-0.05, 0) is 48.4 Å². The Kier molecular flexibility index (Phi) is 5.23. The minimum Gasteiger partial charge on any atom is -0.493 e. The third-order valence-corrected chi connectivity index (χ3v) is 3.73. The SMILES string of the molecule is CCCOc1ccc(C=CC(=O)c2ccc3c(c2)OCO3)cc1OC. The Bertz CT molecular complexity index is 795. The van der Waals surface area contributed by atoms with Crippen LogP contribution in [0.1, 0.15) is 29.3 Å². The third-order valence-electron chi connectivity index (χ3n) is 3.73. The number of allylic oxidation sites excluding steroid dienone is 1. The summed E-state index contributed by atoms with van der Waals surface area (Å²) in [5.41, 5.74) is 1.41. The van der Waals surface area contributed by atoms with Crippen LogP contribution in [0.4, 0.5) is 0 Å². The van der Waals surface area contributed by atoms with E-state index in [4.69, 9.17) is 18.9 Å². The van der Waals surface area contributed by atoms with Crippen molar-refractivity contribution < 1.29 is 23.7 Å². The molecule has 5 heteroatoms. The van der Waals surface area contributed by atoms with Crippen molar-refractivity contribution in [2.24, 2.45) is 0 Å². The predicted octanol–water partition coefficient (Wildman–Crippen LogP) is 4.11. The van der Waals surface area contributed by atoms with Gasteiger partial charge >= 0.3 is 0 Å². The number of rotatable bonds is 7. The first-order valence-electron chi connectivity index (χ1n) is 8.14. The van der Waals surface area contributed by atoms with E-state index >= 15 is 0 Å². The molecule has 1 heterocycles. The van der Waals surface area contributed by atoms with Gasteiger partial charge in [0, 0.05) is 5.56 Å². The van der Waals surface area contributed by atoms with Crippen molar-refractivity contribution >= 4 is 11.9 Å². The first-order valence-corrected chi connectivity index (χ1v) is 8.14. The minimum atomic E-state index is -0.108. The number of benzene rings is 2. The third kappa shape index (κ3) is 3.94. The van der Waals surface area contributed by atoms with Crippen LogP contribution < -0.4 is 18.9 Å². The Balaban J connectivity index is 1.73. The quantitative estimate of drug-likeness (QED) is 0.561. The molecule has 0 atom stereocenters. The van der Waals surface area contributed by atoms with E-state index in [2.05, 4.69) is 0 Å². The van der Waals surface area contributed by atoms with Crippen molar-refractivity contribution in [1.29, 1.82) is 0 Å². The first kappa shape index (κ1) is 16.9. The number of hydrogen-bond donors (Lipinski definition) is 0. The molecule has 0 aliphatic carbocycles. The molecule has 1 aliphatic rings. The number of ether oxygens (including phenoxy) is 4. The average Bonchev–Trinajstić information content (AvgIpc) is 3.12. The highest BCUT2D eigenvalue weighted by Crippen LogP contribution is 2.33. The van der Waals surface area contributed by atoms with Crippen LogP contribution in [0.3, 0.4) is 0 Å². The zero-order chi connectivity index (χ0) is 17.6. The van der Waals surface area contributed by atoms with Crippen molar-refractivity contribution in [3.8, 4) is 23.0 Å². The zero-order valence-electron chi connectivity index (χ0n) is 14.3. The number of carbonyl (C=O) groups excluding carboxylic acids is 1. The van der Waals surface area contributed by atoms with Gasteiger partial charge < -0.3 is 18.9 Å². The van der Waals surface area contributed by atoms with Crippen LogP contribution in [0.2, 0.25) is 0 Å². The molecule has 0 bridgehead atoms. The van der Waals surface area contributed by atoms with Crippen LogP contribution in [0.25, 0.3) is 6.08 Å². The van der Waals surface area contributed by atoms with Gasteiger partial charge in [0.2, 0.25) is 6.79 Å². The predicted molar refractivity (Wildman–Crippen MR) is 94.7 cm³/mol. The van der Waals surface area contributed by atoms with E-state index in [1.807, 2.05) is 25.1 Å². The van der Waals surface area contributed by atoms with Gasteiger partial charge in [0.25, 0.3) is 0 Å². The van der Waals surface area contributed by atoms with E-state index in [-0.39, 0.29) is 12.6 Å². The molecule has 1 aliphatic heterocycles. The van der Waals surface area contributed by atoms with Crippen molar-refractivity contribution in [1.82, 2.24) is 0 Å². The highest BCUT2D eigenvalue weighted by atomic mass is 16.7. The zero-order valence-corrected chi connectivity index (χ0v) is 14.3. The molecule has 0 aromatic heterocycles. The maximum Gasteiger partial charge on any atom is 0.231 e. The van der Waals surface area contributed by atoms with Gasteiger partial charge in [0.1, 0.15) is 0 Å². The summed E-state index contributed by atoms with van der Waals surface area (Å²) in [6.45, 7) is 2.87. The molecule has 0 amide bonds. The van der Waals surface area contributed by atoms with Gasteiger partial charge in [-0.1, -0.05) is 19.1 Å². The normalized spacial score (nSPS) is 12.4.